The van der Waals surface area contributed by atoms with Crippen LogP contribution in [0.1, 0.15) is 24.6 Å². The van der Waals surface area contributed by atoms with Crippen LogP contribution in [0.15, 0.2) is 47.2 Å². The number of β-lactam (4-membered cyclic amide) rings is 1. The maximum absolute atomic E-state index is 13.0. The Morgan fingerprint density at radius 3 is 2.44 bits per heavy atom. The van der Waals surface area contributed by atoms with Gasteiger partial charge in [0.25, 0.3) is 5.91 Å². The van der Waals surface area contributed by atoms with Gasteiger partial charge in [0.15, 0.2) is 0 Å². The van der Waals surface area contributed by atoms with Crippen molar-refractivity contribution >= 4 is 35.4 Å². The van der Waals surface area contributed by atoms with E-state index in [0.29, 0.717) is 10.6 Å². The molecule has 3 saturated heterocycles. The SMILES string of the molecule is NC(=O)c1ccc(NC(=O)N2C[C@H]3CC(/C=C4\CCN(CC(F)(F)F)C4=O)=C(C(=O)O)N4C(=O)[C@@H]2[C@@H]34)cc1.[H-].[Na+]. The number of primary amides is 1. The van der Waals surface area contributed by atoms with Crippen LogP contribution in [0.2, 0.25) is 0 Å². The molecule has 4 aliphatic heterocycles. The van der Waals surface area contributed by atoms with E-state index in [-0.39, 0.29) is 85.2 Å². The number of carboxylic acid groups (broad SMARTS) is 1. The first kappa shape index (κ1) is 28.6. The van der Waals surface area contributed by atoms with Gasteiger partial charge in [-0.2, -0.15) is 13.2 Å². The second kappa shape index (κ2) is 10.3. The number of carbonyl (C=O) groups excluding carboxylic acids is 4. The van der Waals surface area contributed by atoms with Crippen molar-refractivity contribution in [2.24, 2.45) is 11.7 Å². The maximum atomic E-state index is 13.0. The van der Waals surface area contributed by atoms with Crippen LogP contribution < -0.4 is 40.6 Å². The number of alkyl halides is 3. The van der Waals surface area contributed by atoms with Gasteiger partial charge in [-0.25, -0.2) is 9.59 Å². The van der Waals surface area contributed by atoms with Crippen molar-refractivity contribution in [2.45, 2.75) is 31.1 Å². The first-order valence-corrected chi connectivity index (χ1v) is 11.7. The van der Waals surface area contributed by atoms with Gasteiger partial charge in [-0.3, -0.25) is 19.3 Å². The van der Waals surface area contributed by atoms with Gasteiger partial charge < -0.3 is 27.4 Å². The molecule has 0 saturated carbocycles. The Labute approximate surface area is 243 Å². The molecule has 4 N–H and O–H groups in total. The summed E-state index contributed by atoms with van der Waals surface area (Å²) in [5, 5.41) is 12.5. The number of rotatable bonds is 5. The smallest absolute Gasteiger partial charge is 1.00 e. The van der Waals surface area contributed by atoms with Gasteiger partial charge in [-0.1, -0.05) is 0 Å². The minimum absolute atomic E-state index is 0. The monoisotopic (exact) mass is 557 g/mol. The molecule has 39 heavy (non-hydrogen) atoms. The summed E-state index contributed by atoms with van der Waals surface area (Å²) in [7, 11) is 0. The molecule has 1 aromatic carbocycles. The van der Waals surface area contributed by atoms with Crippen LogP contribution in [0.25, 0.3) is 0 Å². The van der Waals surface area contributed by atoms with Gasteiger partial charge in [0.1, 0.15) is 18.3 Å². The van der Waals surface area contributed by atoms with E-state index in [2.05, 4.69) is 5.32 Å². The number of nitrogens with one attached hydrogen (secondary N) is 1. The first-order chi connectivity index (χ1) is 17.9. The largest absolute Gasteiger partial charge is 1.00 e. The third kappa shape index (κ3) is 5.15. The number of urea groups is 1. The summed E-state index contributed by atoms with van der Waals surface area (Å²) >= 11 is 0. The van der Waals surface area contributed by atoms with Gasteiger partial charge in [0.05, 0.1) is 6.04 Å². The Balaban J connectivity index is 0.00000220. The molecular formula is C24H23F3N5NaO6. The van der Waals surface area contributed by atoms with Crippen molar-refractivity contribution in [3.8, 4) is 0 Å². The number of nitrogens with two attached hydrogens (primary N) is 1. The van der Waals surface area contributed by atoms with Crippen LogP contribution in [0.3, 0.4) is 0 Å². The second-order valence-electron chi connectivity index (χ2n) is 9.57. The maximum Gasteiger partial charge on any atom is 1.00 e. The van der Waals surface area contributed by atoms with Crippen LogP contribution in [-0.4, -0.2) is 87.4 Å². The number of allylic oxidation sites excluding steroid dienone is 2. The zero-order valence-corrected chi connectivity index (χ0v) is 22.7. The normalized spacial score (nSPS) is 24.9. The molecule has 1 aromatic rings. The summed E-state index contributed by atoms with van der Waals surface area (Å²) in [5.41, 5.74) is 5.69. The van der Waals surface area contributed by atoms with Crippen molar-refractivity contribution in [3.05, 3.63) is 52.7 Å². The molecule has 0 unspecified atom stereocenters. The Kier molecular flexibility index (Phi) is 7.58. The van der Waals surface area contributed by atoms with Crippen LogP contribution in [0.4, 0.5) is 23.7 Å². The van der Waals surface area contributed by atoms with E-state index in [0.717, 1.165) is 4.90 Å². The molecule has 4 heterocycles. The number of carbonyl (C=O) groups is 5. The second-order valence-corrected chi connectivity index (χ2v) is 9.57. The summed E-state index contributed by atoms with van der Waals surface area (Å²) in [6.07, 6.45) is -3.15. The molecule has 5 amide bonds. The fourth-order valence-electron chi connectivity index (χ4n) is 5.60. The number of hydrogen-bond donors (Lipinski definition) is 3. The van der Waals surface area contributed by atoms with E-state index < -0.39 is 54.5 Å². The van der Waals surface area contributed by atoms with Crippen LogP contribution in [0.5, 0.6) is 0 Å². The molecule has 0 aliphatic carbocycles. The van der Waals surface area contributed by atoms with Gasteiger partial charge in [-0.05, 0) is 48.8 Å². The molecule has 11 nitrogen and oxygen atoms in total. The average molecular weight is 557 g/mol. The summed E-state index contributed by atoms with van der Waals surface area (Å²) < 4.78 is 38.3. The Morgan fingerprint density at radius 1 is 1.18 bits per heavy atom. The summed E-state index contributed by atoms with van der Waals surface area (Å²) in [5.74, 6) is -3.80. The fourth-order valence-corrected chi connectivity index (χ4v) is 5.60. The van der Waals surface area contributed by atoms with Gasteiger partial charge >= 0.3 is 47.7 Å². The molecule has 0 aromatic heterocycles. The van der Waals surface area contributed by atoms with Crippen molar-refractivity contribution < 1.29 is 73.2 Å². The Morgan fingerprint density at radius 2 is 1.85 bits per heavy atom. The molecule has 0 spiro atoms. The van der Waals surface area contributed by atoms with Crippen LogP contribution in [-0.2, 0) is 14.4 Å². The fraction of sp³-hybridized carbons (Fsp3) is 0.375. The summed E-state index contributed by atoms with van der Waals surface area (Å²) in [4.78, 5) is 65.0. The molecule has 0 bridgehead atoms. The molecule has 4 aliphatic rings. The number of hydrogen-bond acceptors (Lipinski definition) is 5. The average Bonchev–Trinajstić information content (AvgIpc) is 3.36. The minimum Gasteiger partial charge on any atom is -1.00 e. The molecule has 5 rings (SSSR count). The molecule has 0 radical (unpaired) electrons. The summed E-state index contributed by atoms with van der Waals surface area (Å²) in [6, 6.07) is 3.79. The predicted octanol–water partition coefficient (Wildman–Crippen LogP) is -1.59. The number of carboxylic acids is 1. The summed E-state index contributed by atoms with van der Waals surface area (Å²) in [6.45, 7) is -1.43. The minimum atomic E-state index is -4.56. The van der Waals surface area contributed by atoms with E-state index in [1.807, 2.05) is 0 Å². The molecule has 15 heteroatoms. The van der Waals surface area contributed by atoms with Crippen molar-refractivity contribution in [3.63, 3.8) is 0 Å². The standard InChI is InChI=1S/C24H22F3N5O6.Na.H/c25-24(26,27)10-30-6-5-12(20(30)34)7-13-8-14-9-31(18-16(14)32(21(18)35)17(13)22(36)37)23(38)29-15-3-1-11(2-4-15)19(28)33;;/h1-4,7,14,16,18H,5-6,8-10H2,(H2,28,33)(H,29,38)(H,36,37);;/q;+1;-1/b12-7+;;/t14-,16-,18+;;/m1../s1. The number of likely N-dealkylation sites (tertiary alicyclic amines) is 2. The number of anilines is 1. The zero-order valence-electron chi connectivity index (χ0n) is 21.7. The molecule has 3 fully saturated rings. The first-order valence-electron chi connectivity index (χ1n) is 11.7. The topological polar surface area (TPSA) is 153 Å². The van der Waals surface area contributed by atoms with Gasteiger partial charge in [-0.15, -0.1) is 0 Å². The van der Waals surface area contributed by atoms with Crippen molar-refractivity contribution in [1.82, 2.24) is 14.7 Å². The van der Waals surface area contributed by atoms with E-state index in [4.69, 9.17) is 5.73 Å². The molecular weight excluding hydrogens is 534 g/mol. The third-order valence-electron chi connectivity index (χ3n) is 7.20. The van der Waals surface area contributed by atoms with Gasteiger partial charge in [0.2, 0.25) is 11.8 Å². The van der Waals surface area contributed by atoms with Gasteiger partial charge in [0, 0.05) is 35.8 Å². The van der Waals surface area contributed by atoms with E-state index >= 15 is 0 Å². The van der Waals surface area contributed by atoms with Crippen LogP contribution in [0, 0.1) is 5.92 Å². The van der Waals surface area contributed by atoms with E-state index in [1.54, 1.807) is 0 Å². The Hall–Kier alpha value is -3.36. The van der Waals surface area contributed by atoms with E-state index in [9.17, 15) is 42.3 Å². The number of halogens is 3. The van der Waals surface area contributed by atoms with E-state index in [1.165, 1.54) is 35.2 Å². The third-order valence-corrected chi connectivity index (χ3v) is 7.20. The number of nitrogens with zero attached hydrogens (tertiary/aromatic N) is 3. The predicted molar refractivity (Wildman–Crippen MR) is 124 cm³/mol. The number of amides is 5. The Bertz CT molecular complexity index is 1330. The molecule has 202 valence electrons. The number of benzene rings is 1. The molecule has 3 atom stereocenters. The van der Waals surface area contributed by atoms with Crippen LogP contribution >= 0.6 is 0 Å². The quantitative estimate of drug-likeness (QED) is 0.226. The zero-order chi connectivity index (χ0) is 27.5. The van der Waals surface area contributed by atoms with Crippen molar-refractivity contribution in [2.75, 3.05) is 25.0 Å². The van der Waals surface area contributed by atoms with Crippen molar-refractivity contribution in [1.29, 1.82) is 0 Å². The number of aliphatic carboxylic acids is 1.